The summed E-state index contributed by atoms with van der Waals surface area (Å²) in [5.74, 6) is 0.532. The molecule has 1 heterocycles. The van der Waals surface area contributed by atoms with Crippen LogP contribution in [0.3, 0.4) is 0 Å². The van der Waals surface area contributed by atoms with Gasteiger partial charge in [0.25, 0.3) is 0 Å². The molecule has 0 amide bonds. The SMILES string of the molecule is Clc1ccc2c(c1)C(c1c[c]sc1)CCC2. The first kappa shape index (κ1) is 10.4. The normalized spacial score (nSPS) is 19.4. The molecule has 2 heteroatoms. The molecule has 0 nitrogen and oxygen atoms in total. The van der Waals surface area contributed by atoms with Crippen LogP contribution in [-0.2, 0) is 6.42 Å². The highest BCUT2D eigenvalue weighted by atomic mass is 35.5. The van der Waals surface area contributed by atoms with Gasteiger partial charge in [0.05, 0.1) is 0 Å². The van der Waals surface area contributed by atoms with Crippen molar-refractivity contribution in [1.82, 2.24) is 0 Å². The molecule has 0 spiro atoms. The average Bonchev–Trinajstić information content (AvgIpc) is 2.81. The Bertz CT molecular complexity index is 487. The van der Waals surface area contributed by atoms with Crippen LogP contribution < -0.4 is 0 Å². The predicted molar refractivity (Wildman–Crippen MR) is 69.4 cm³/mol. The summed E-state index contributed by atoms with van der Waals surface area (Å²) >= 11 is 7.75. The molecule has 1 aliphatic carbocycles. The summed E-state index contributed by atoms with van der Waals surface area (Å²) in [5.41, 5.74) is 4.28. The zero-order valence-corrected chi connectivity index (χ0v) is 10.4. The maximum absolute atomic E-state index is 6.10. The van der Waals surface area contributed by atoms with Gasteiger partial charge >= 0.3 is 0 Å². The minimum absolute atomic E-state index is 0.532. The van der Waals surface area contributed by atoms with Gasteiger partial charge in [-0.3, -0.25) is 0 Å². The van der Waals surface area contributed by atoms with Gasteiger partial charge in [0, 0.05) is 16.3 Å². The van der Waals surface area contributed by atoms with E-state index < -0.39 is 0 Å². The molecule has 1 radical (unpaired) electrons. The monoisotopic (exact) mass is 247 g/mol. The standard InChI is InChI=1S/C14H12ClS/c15-12-5-4-10-2-1-3-13(14(10)8-12)11-6-7-16-9-11/h4-6,8-9,13H,1-3H2. The van der Waals surface area contributed by atoms with Gasteiger partial charge in [0.1, 0.15) is 0 Å². The van der Waals surface area contributed by atoms with Crippen LogP contribution in [0.2, 0.25) is 5.02 Å². The van der Waals surface area contributed by atoms with Crippen molar-refractivity contribution in [1.29, 1.82) is 0 Å². The topological polar surface area (TPSA) is 0 Å². The third-order valence-electron chi connectivity index (χ3n) is 3.31. The highest BCUT2D eigenvalue weighted by Gasteiger charge is 2.22. The number of benzene rings is 1. The molecule has 81 valence electrons. The van der Waals surface area contributed by atoms with Crippen LogP contribution in [0.1, 0.15) is 35.4 Å². The van der Waals surface area contributed by atoms with Gasteiger partial charge in [-0.05, 0) is 59.5 Å². The minimum Gasteiger partial charge on any atom is -0.143 e. The first-order chi connectivity index (χ1) is 7.84. The van der Waals surface area contributed by atoms with Crippen molar-refractivity contribution >= 4 is 22.9 Å². The second kappa shape index (κ2) is 4.23. The summed E-state index contributed by atoms with van der Waals surface area (Å²) in [6.07, 6.45) is 3.70. The van der Waals surface area contributed by atoms with Crippen molar-refractivity contribution in [3.8, 4) is 0 Å². The van der Waals surface area contributed by atoms with Crippen molar-refractivity contribution < 1.29 is 0 Å². The number of halogens is 1. The number of hydrogen-bond acceptors (Lipinski definition) is 1. The first-order valence-corrected chi connectivity index (χ1v) is 6.83. The van der Waals surface area contributed by atoms with Gasteiger partial charge in [0.15, 0.2) is 0 Å². The lowest BCUT2D eigenvalue weighted by atomic mass is 9.80. The summed E-state index contributed by atoms with van der Waals surface area (Å²) < 4.78 is 0. The molecular formula is C14H12ClS. The van der Waals surface area contributed by atoms with Crippen molar-refractivity contribution in [3.63, 3.8) is 0 Å². The van der Waals surface area contributed by atoms with Gasteiger partial charge in [-0.25, -0.2) is 0 Å². The maximum Gasteiger partial charge on any atom is 0.0445 e. The van der Waals surface area contributed by atoms with E-state index in [1.165, 1.54) is 36.0 Å². The molecule has 0 saturated carbocycles. The van der Waals surface area contributed by atoms with Gasteiger partial charge in [0.2, 0.25) is 0 Å². The lowest BCUT2D eigenvalue weighted by Gasteiger charge is -2.25. The average molecular weight is 248 g/mol. The number of rotatable bonds is 1. The van der Waals surface area contributed by atoms with Gasteiger partial charge in [-0.1, -0.05) is 17.7 Å². The third-order valence-corrected chi connectivity index (χ3v) is 4.19. The maximum atomic E-state index is 6.10. The zero-order chi connectivity index (χ0) is 11.0. The van der Waals surface area contributed by atoms with Gasteiger partial charge in [-0.15, -0.1) is 11.3 Å². The molecule has 1 unspecified atom stereocenters. The number of aryl methyl sites for hydroxylation is 1. The van der Waals surface area contributed by atoms with Crippen LogP contribution in [0, 0.1) is 5.38 Å². The fourth-order valence-corrected chi connectivity index (χ4v) is 3.36. The van der Waals surface area contributed by atoms with Crippen LogP contribution in [0.5, 0.6) is 0 Å². The highest BCUT2D eigenvalue weighted by molar-refractivity contribution is 7.07. The van der Waals surface area contributed by atoms with E-state index in [2.05, 4.69) is 29.0 Å². The molecule has 1 aliphatic rings. The predicted octanol–water partition coefficient (Wildman–Crippen LogP) is 4.67. The third kappa shape index (κ3) is 1.79. The van der Waals surface area contributed by atoms with Crippen molar-refractivity contribution in [2.24, 2.45) is 0 Å². The van der Waals surface area contributed by atoms with Crippen LogP contribution in [-0.4, -0.2) is 0 Å². The Morgan fingerprint density at radius 3 is 3.12 bits per heavy atom. The largest absolute Gasteiger partial charge is 0.143 e. The molecule has 0 fully saturated rings. The van der Waals surface area contributed by atoms with Crippen molar-refractivity contribution in [2.45, 2.75) is 25.2 Å². The van der Waals surface area contributed by atoms with Gasteiger partial charge < -0.3 is 0 Å². The lowest BCUT2D eigenvalue weighted by Crippen LogP contribution is -2.10. The van der Waals surface area contributed by atoms with E-state index in [1.54, 1.807) is 11.3 Å². The Labute approximate surface area is 105 Å². The van der Waals surface area contributed by atoms with Gasteiger partial charge in [-0.2, -0.15) is 0 Å². The Morgan fingerprint density at radius 2 is 2.31 bits per heavy atom. The van der Waals surface area contributed by atoms with E-state index in [9.17, 15) is 0 Å². The molecule has 3 rings (SSSR count). The van der Waals surface area contributed by atoms with E-state index in [0.717, 1.165) is 5.02 Å². The number of fused-ring (bicyclic) bond motifs is 1. The summed E-state index contributed by atoms with van der Waals surface area (Å²) in [6, 6.07) is 8.44. The molecule has 0 saturated heterocycles. The second-order valence-corrected chi connectivity index (χ2v) is 5.43. The molecule has 16 heavy (non-hydrogen) atoms. The van der Waals surface area contributed by atoms with Crippen LogP contribution in [0.4, 0.5) is 0 Å². The van der Waals surface area contributed by atoms with Crippen molar-refractivity contribution in [2.75, 3.05) is 0 Å². The summed E-state index contributed by atoms with van der Waals surface area (Å²) in [4.78, 5) is 0. The number of hydrogen-bond donors (Lipinski definition) is 0. The second-order valence-electron chi connectivity index (χ2n) is 4.29. The Hall–Kier alpha value is -0.790. The summed E-state index contributed by atoms with van der Waals surface area (Å²) in [6.45, 7) is 0. The van der Waals surface area contributed by atoms with Crippen molar-refractivity contribution in [3.05, 3.63) is 56.7 Å². The molecule has 0 aliphatic heterocycles. The smallest absolute Gasteiger partial charge is 0.0445 e. The summed E-state index contributed by atoms with van der Waals surface area (Å²) in [5, 5.41) is 6.24. The fraction of sp³-hybridized carbons (Fsp3) is 0.286. The van der Waals surface area contributed by atoms with E-state index in [0.29, 0.717) is 5.92 Å². The lowest BCUT2D eigenvalue weighted by molar-refractivity contribution is 0.617. The van der Waals surface area contributed by atoms with E-state index in [-0.39, 0.29) is 0 Å². The summed E-state index contributed by atoms with van der Waals surface area (Å²) in [7, 11) is 0. The Kier molecular flexibility index (Phi) is 2.74. The first-order valence-electron chi connectivity index (χ1n) is 5.57. The van der Waals surface area contributed by atoms with Crippen LogP contribution in [0.15, 0.2) is 29.6 Å². The van der Waals surface area contributed by atoms with E-state index in [4.69, 9.17) is 11.6 Å². The Morgan fingerprint density at radius 1 is 1.38 bits per heavy atom. The van der Waals surface area contributed by atoms with Crippen LogP contribution in [0.25, 0.3) is 0 Å². The molecule has 1 aromatic heterocycles. The highest BCUT2D eigenvalue weighted by Crippen LogP contribution is 2.38. The van der Waals surface area contributed by atoms with Crippen LogP contribution >= 0.6 is 22.9 Å². The zero-order valence-electron chi connectivity index (χ0n) is 8.87. The van der Waals surface area contributed by atoms with E-state index in [1.807, 2.05) is 6.07 Å². The molecular weight excluding hydrogens is 236 g/mol. The molecule has 1 atom stereocenters. The number of thiophene rings is 1. The quantitative estimate of drug-likeness (QED) is 0.687. The molecule has 2 aromatic rings. The minimum atomic E-state index is 0.532. The molecule has 0 N–H and O–H groups in total. The molecule has 0 bridgehead atoms. The Balaban J connectivity index is 2.08. The fourth-order valence-electron chi connectivity index (χ4n) is 2.54. The van der Waals surface area contributed by atoms with E-state index >= 15 is 0 Å². The molecule has 1 aromatic carbocycles.